The number of carbonyl (C=O) groups is 2. The Morgan fingerprint density at radius 3 is 2.15 bits per heavy atom. The second-order valence-electron chi connectivity index (χ2n) is 6.78. The number of hydrogen-bond acceptors (Lipinski definition) is 2. The maximum absolute atomic E-state index is 12.8. The summed E-state index contributed by atoms with van der Waals surface area (Å²) in [5.74, 6) is -0.897. The molecule has 0 aliphatic heterocycles. The molecule has 26 heavy (non-hydrogen) atoms. The number of nitrogens with one attached hydrogen (secondary N) is 2. The number of para-hydroxylation sites is 1. The number of hydrogen-bond donors (Lipinski definition) is 2. The van der Waals surface area contributed by atoms with Crippen molar-refractivity contribution in [1.82, 2.24) is 0 Å². The fourth-order valence-electron chi connectivity index (χ4n) is 2.07. The molecule has 7 heteroatoms. The van der Waals surface area contributed by atoms with Crippen LogP contribution in [0.15, 0.2) is 48.5 Å². The zero-order chi connectivity index (χ0) is 19.5. The largest absolute Gasteiger partial charge is 0.416 e. The zero-order valence-electron chi connectivity index (χ0n) is 14.6. The summed E-state index contributed by atoms with van der Waals surface area (Å²) < 4.78 is 38.4. The van der Waals surface area contributed by atoms with Gasteiger partial charge in [-0.2, -0.15) is 13.2 Å². The highest BCUT2D eigenvalue weighted by molar-refractivity contribution is 6.10. The van der Waals surface area contributed by atoms with Gasteiger partial charge in [-0.25, -0.2) is 0 Å². The second-order valence-corrected chi connectivity index (χ2v) is 6.78. The van der Waals surface area contributed by atoms with E-state index in [9.17, 15) is 22.8 Å². The number of benzene rings is 2. The normalized spacial score (nSPS) is 11.8. The van der Waals surface area contributed by atoms with Crippen LogP contribution in [0.3, 0.4) is 0 Å². The predicted molar refractivity (Wildman–Crippen MR) is 93.9 cm³/mol. The Hall–Kier alpha value is -2.83. The smallest absolute Gasteiger partial charge is 0.325 e. The SMILES string of the molecule is CC(C)(C)C(=O)Nc1ccccc1C(=O)Nc1cccc(C(F)(F)F)c1. The molecular formula is C19H19F3N2O2. The molecule has 0 fully saturated rings. The third kappa shape index (κ3) is 4.84. The minimum atomic E-state index is -4.50. The van der Waals surface area contributed by atoms with Crippen molar-refractivity contribution < 1.29 is 22.8 Å². The second kappa shape index (κ2) is 7.19. The molecule has 2 amide bonds. The highest BCUT2D eigenvalue weighted by atomic mass is 19.4. The van der Waals surface area contributed by atoms with Gasteiger partial charge in [0, 0.05) is 11.1 Å². The van der Waals surface area contributed by atoms with Crippen molar-refractivity contribution in [2.24, 2.45) is 5.41 Å². The van der Waals surface area contributed by atoms with Gasteiger partial charge in [0.2, 0.25) is 5.91 Å². The van der Waals surface area contributed by atoms with Crippen LogP contribution in [-0.4, -0.2) is 11.8 Å². The first-order chi connectivity index (χ1) is 12.0. The third-order valence-electron chi connectivity index (χ3n) is 3.55. The molecule has 0 spiro atoms. The molecule has 0 heterocycles. The van der Waals surface area contributed by atoms with E-state index in [4.69, 9.17) is 0 Å². The van der Waals surface area contributed by atoms with Crippen LogP contribution < -0.4 is 10.6 Å². The van der Waals surface area contributed by atoms with Gasteiger partial charge in [0.05, 0.1) is 16.8 Å². The fourth-order valence-corrected chi connectivity index (χ4v) is 2.07. The van der Waals surface area contributed by atoms with E-state index in [2.05, 4.69) is 10.6 Å². The summed E-state index contributed by atoms with van der Waals surface area (Å²) in [7, 11) is 0. The van der Waals surface area contributed by atoms with Crippen molar-refractivity contribution >= 4 is 23.2 Å². The lowest BCUT2D eigenvalue weighted by atomic mass is 9.95. The molecule has 2 aromatic rings. The van der Waals surface area contributed by atoms with Crippen molar-refractivity contribution in [3.63, 3.8) is 0 Å². The van der Waals surface area contributed by atoms with E-state index in [1.807, 2.05) is 0 Å². The molecule has 0 atom stereocenters. The van der Waals surface area contributed by atoms with Crippen LogP contribution in [0.1, 0.15) is 36.7 Å². The van der Waals surface area contributed by atoms with Crippen molar-refractivity contribution in [1.29, 1.82) is 0 Å². The average molecular weight is 364 g/mol. The lowest BCUT2D eigenvalue weighted by Crippen LogP contribution is -2.28. The number of rotatable bonds is 3. The van der Waals surface area contributed by atoms with Gasteiger partial charge in [-0.3, -0.25) is 9.59 Å². The number of anilines is 2. The Labute approximate surface area is 149 Å². The highest BCUT2D eigenvalue weighted by Crippen LogP contribution is 2.31. The fraction of sp³-hybridized carbons (Fsp3) is 0.263. The van der Waals surface area contributed by atoms with Gasteiger partial charge < -0.3 is 10.6 Å². The molecule has 2 aromatic carbocycles. The molecule has 138 valence electrons. The standard InChI is InChI=1S/C19H19F3N2O2/c1-18(2,3)17(26)24-15-10-5-4-9-14(15)16(25)23-13-8-6-7-12(11-13)19(20,21)22/h4-11H,1-3H3,(H,23,25)(H,24,26). The van der Waals surface area contributed by atoms with Gasteiger partial charge in [-0.05, 0) is 30.3 Å². The first-order valence-corrected chi connectivity index (χ1v) is 7.87. The van der Waals surface area contributed by atoms with Gasteiger partial charge in [0.1, 0.15) is 0 Å². The monoisotopic (exact) mass is 364 g/mol. The molecule has 0 aromatic heterocycles. The van der Waals surface area contributed by atoms with Gasteiger partial charge in [-0.1, -0.05) is 39.0 Å². The number of alkyl halides is 3. The molecule has 0 radical (unpaired) electrons. The van der Waals surface area contributed by atoms with Crippen LogP contribution in [0.4, 0.5) is 24.5 Å². The van der Waals surface area contributed by atoms with E-state index in [0.29, 0.717) is 0 Å². The molecule has 0 bridgehead atoms. The average Bonchev–Trinajstić information content (AvgIpc) is 2.54. The van der Waals surface area contributed by atoms with E-state index < -0.39 is 23.1 Å². The van der Waals surface area contributed by atoms with Crippen LogP contribution in [0.5, 0.6) is 0 Å². The van der Waals surface area contributed by atoms with Crippen LogP contribution >= 0.6 is 0 Å². The lowest BCUT2D eigenvalue weighted by Gasteiger charge is -2.19. The van der Waals surface area contributed by atoms with E-state index in [0.717, 1.165) is 12.1 Å². The Kier molecular flexibility index (Phi) is 5.39. The Balaban J connectivity index is 2.25. The Morgan fingerprint density at radius 1 is 0.885 bits per heavy atom. The molecule has 0 aliphatic carbocycles. The summed E-state index contributed by atoms with van der Waals surface area (Å²) in [6, 6.07) is 10.7. The predicted octanol–water partition coefficient (Wildman–Crippen LogP) is 4.94. The molecule has 0 aliphatic rings. The summed E-state index contributed by atoms with van der Waals surface area (Å²) >= 11 is 0. The van der Waals surface area contributed by atoms with Gasteiger partial charge in [0.25, 0.3) is 5.91 Å². The van der Waals surface area contributed by atoms with E-state index >= 15 is 0 Å². The molecule has 2 N–H and O–H groups in total. The topological polar surface area (TPSA) is 58.2 Å². The van der Waals surface area contributed by atoms with Crippen molar-refractivity contribution in [2.45, 2.75) is 26.9 Å². The molecule has 0 unspecified atom stereocenters. The molecular weight excluding hydrogens is 345 g/mol. The summed E-state index contributed by atoms with van der Waals surface area (Å²) in [6.07, 6.45) is -4.50. The summed E-state index contributed by atoms with van der Waals surface area (Å²) in [5.41, 5.74) is -1.06. The minimum absolute atomic E-state index is 0.0155. The summed E-state index contributed by atoms with van der Waals surface area (Å²) in [5, 5.41) is 5.11. The van der Waals surface area contributed by atoms with Gasteiger partial charge in [-0.15, -0.1) is 0 Å². The Morgan fingerprint density at radius 2 is 1.54 bits per heavy atom. The number of carbonyl (C=O) groups excluding carboxylic acids is 2. The van der Waals surface area contributed by atoms with Crippen LogP contribution in [0.2, 0.25) is 0 Å². The van der Waals surface area contributed by atoms with Crippen molar-refractivity contribution in [2.75, 3.05) is 10.6 Å². The van der Waals surface area contributed by atoms with Crippen molar-refractivity contribution in [3.8, 4) is 0 Å². The first kappa shape index (κ1) is 19.5. The molecule has 0 saturated carbocycles. The molecule has 4 nitrogen and oxygen atoms in total. The Bertz CT molecular complexity index is 824. The van der Waals surface area contributed by atoms with Crippen LogP contribution in [0.25, 0.3) is 0 Å². The van der Waals surface area contributed by atoms with Crippen LogP contribution in [-0.2, 0) is 11.0 Å². The summed E-state index contributed by atoms with van der Waals surface area (Å²) in [6.45, 7) is 5.19. The van der Waals surface area contributed by atoms with Gasteiger partial charge >= 0.3 is 6.18 Å². The summed E-state index contributed by atoms with van der Waals surface area (Å²) in [4.78, 5) is 24.6. The minimum Gasteiger partial charge on any atom is -0.325 e. The third-order valence-corrected chi connectivity index (χ3v) is 3.55. The number of halogens is 3. The zero-order valence-corrected chi connectivity index (χ0v) is 14.6. The molecule has 0 saturated heterocycles. The van der Waals surface area contributed by atoms with E-state index in [1.54, 1.807) is 39.0 Å². The maximum Gasteiger partial charge on any atom is 0.416 e. The molecule has 2 rings (SSSR count). The highest BCUT2D eigenvalue weighted by Gasteiger charge is 2.30. The van der Waals surface area contributed by atoms with E-state index in [-0.39, 0.29) is 22.8 Å². The van der Waals surface area contributed by atoms with Crippen molar-refractivity contribution in [3.05, 3.63) is 59.7 Å². The number of amides is 2. The van der Waals surface area contributed by atoms with E-state index in [1.165, 1.54) is 18.2 Å². The quantitative estimate of drug-likeness (QED) is 0.810. The van der Waals surface area contributed by atoms with Gasteiger partial charge in [0.15, 0.2) is 0 Å². The first-order valence-electron chi connectivity index (χ1n) is 7.87. The maximum atomic E-state index is 12.8. The lowest BCUT2D eigenvalue weighted by molar-refractivity contribution is -0.137. The van der Waals surface area contributed by atoms with Crippen LogP contribution in [0, 0.1) is 5.41 Å².